The van der Waals surface area contributed by atoms with Crippen LogP contribution in [0.4, 0.5) is 0 Å². The zero-order valence-electron chi connectivity index (χ0n) is 16.9. The number of nitrogens with one attached hydrogen (secondary N) is 1. The Morgan fingerprint density at radius 3 is 2.70 bits per heavy atom. The maximum atomic E-state index is 13.1. The van der Waals surface area contributed by atoms with Crippen LogP contribution in [0, 0.1) is 5.92 Å². The Morgan fingerprint density at radius 1 is 1.20 bits per heavy atom. The summed E-state index contributed by atoms with van der Waals surface area (Å²) in [6.07, 6.45) is 4.12. The molecule has 8 nitrogen and oxygen atoms in total. The fourth-order valence-corrected chi connectivity index (χ4v) is 5.01. The molecule has 0 bridgehead atoms. The number of aromatic amines is 1. The Balaban J connectivity index is 1.49. The van der Waals surface area contributed by atoms with Gasteiger partial charge < -0.3 is 15.6 Å². The summed E-state index contributed by atoms with van der Waals surface area (Å²) in [5, 5.41) is 3.92. The maximum Gasteiger partial charge on any atom is 0.251 e. The number of nitrogens with zero attached hydrogens (tertiary/aromatic N) is 3. The first-order chi connectivity index (χ1) is 14.5. The standard InChI is InChI=1S/C21H27N5O3S/c22-20(29)14-4-8-25(9-5-14)12-19(28)26-7-2-1-3-17(26)21-23-16(11-18(27)24-21)15-6-10-30-13-15/h6,10-11,13-14,17H,1-5,7-9,12H2,(H2,22,29)(H,23,24,27). The van der Waals surface area contributed by atoms with Crippen molar-refractivity contribution in [3.05, 3.63) is 39.1 Å². The monoisotopic (exact) mass is 429 g/mol. The molecule has 2 saturated heterocycles. The Labute approximate surface area is 179 Å². The van der Waals surface area contributed by atoms with Gasteiger partial charge >= 0.3 is 0 Å². The van der Waals surface area contributed by atoms with Crippen molar-refractivity contribution in [1.29, 1.82) is 0 Å². The van der Waals surface area contributed by atoms with Crippen LogP contribution in [0.25, 0.3) is 11.3 Å². The molecular formula is C21H27N5O3S. The molecule has 0 aromatic carbocycles. The van der Waals surface area contributed by atoms with Crippen LogP contribution < -0.4 is 11.3 Å². The molecule has 1 unspecified atom stereocenters. The number of amides is 2. The first-order valence-electron chi connectivity index (χ1n) is 10.5. The van der Waals surface area contributed by atoms with Gasteiger partial charge in [-0.2, -0.15) is 11.3 Å². The molecule has 4 heterocycles. The molecule has 30 heavy (non-hydrogen) atoms. The number of nitrogens with two attached hydrogens (primary N) is 1. The van der Waals surface area contributed by atoms with Crippen LogP contribution in [0.2, 0.25) is 0 Å². The summed E-state index contributed by atoms with van der Waals surface area (Å²) < 4.78 is 0. The minimum atomic E-state index is -0.252. The van der Waals surface area contributed by atoms with Crippen LogP contribution in [-0.2, 0) is 9.59 Å². The Kier molecular flexibility index (Phi) is 6.29. The molecule has 3 N–H and O–H groups in total. The molecule has 2 fully saturated rings. The summed E-state index contributed by atoms with van der Waals surface area (Å²) in [6.45, 7) is 2.37. The number of likely N-dealkylation sites (tertiary alicyclic amines) is 2. The maximum absolute atomic E-state index is 13.1. The van der Waals surface area contributed by atoms with E-state index in [2.05, 4.69) is 9.88 Å². The summed E-state index contributed by atoms with van der Waals surface area (Å²) in [4.78, 5) is 48.3. The summed E-state index contributed by atoms with van der Waals surface area (Å²) in [6, 6.07) is 3.22. The summed E-state index contributed by atoms with van der Waals surface area (Å²) in [5.74, 6) is 0.260. The smallest absolute Gasteiger partial charge is 0.251 e. The number of piperidine rings is 2. The number of hydrogen-bond acceptors (Lipinski definition) is 6. The highest BCUT2D eigenvalue weighted by Crippen LogP contribution is 2.30. The van der Waals surface area contributed by atoms with Crippen LogP contribution >= 0.6 is 11.3 Å². The largest absolute Gasteiger partial charge is 0.369 e. The number of hydrogen-bond donors (Lipinski definition) is 2. The van der Waals surface area contributed by atoms with Crippen molar-refractivity contribution in [1.82, 2.24) is 19.8 Å². The highest BCUT2D eigenvalue weighted by atomic mass is 32.1. The summed E-state index contributed by atoms with van der Waals surface area (Å²) in [5.41, 5.74) is 6.76. The molecule has 0 spiro atoms. The van der Waals surface area contributed by atoms with Gasteiger partial charge in [0.05, 0.1) is 18.3 Å². The van der Waals surface area contributed by atoms with Gasteiger partial charge in [0.15, 0.2) is 0 Å². The lowest BCUT2D eigenvalue weighted by molar-refractivity contribution is -0.137. The quantitative estimate of drug-likeness (QED) is 0.752. The molecule has 0 radical (unpaired) electrons. The summed E-state index contributed by atoms with van der Waals surface area (Å²) in [7, 11) is 0. The molecule has 2 aromatic rings. The predicted molar refractivity (Wildman–Crippen MR) is 115 cm³/mol. The van der Waals surface area contributed by atoms with Crippen LogP contribution in [0.3, 0.4) is 0 Å². The van der Waals surface area contributed by atoms with Crippen LogP contribution in [0.5, 0.6) is 0 Å². The van der Waals surface area contributed by atoms with Crippen molar-refractivity contribution in [2.45, 2.75) is 38.1 Å². The van der Waals surface area contributed by atoms with Gasteiger partial charge in [0.2, 0.25) is 11.8 Å². The molecule has 1 atom stereocenters. The van der Waals surface area contributed by atoms with Crippen LogP contribution in [0.15, 0.2) is 27.7 Å². The van der Waals surface area contributed by atoms with E-state index in [1.165, 1.54) is 6.07 Å². The van der Waals surface area contributed by atoms with E-state index in [1.54, 1.807) is 11.3 Å². The van der Waals surface area contributed by atoms with E-state index in [4.69, 9.17) is 10.7 Å². The van der Waals surface area contributed by atoms with Crippen molar-refractivity contribution in [2.75, 3.05) is 26.2 Å². The second-order valence-corrected chi connectivity index (χ2v) is 8.86. The molecule has 2 aliphatic heterocycles. The number of primary amides is 1. The average molecular weight is 430 g/mol. The van der Waals surface area contributed by atoms with Gasteiger partial charge in [-0.1, -0.05) is 0 Å². The predicted octanol–water partition coefficient (Wildman–Crippen LogP) is 1.75. The SMILES string of the molecule is NC(=O)C1CCN(CC(=O)N2CCCCC2c2nc(-c3ccsc3)cc(=O)[nH]2)CC1. The zero-order chi connectivity index (χ0) is 21.1. The van der Waals surface area contributed by atoms with Crippen molar-refractivity contribution in [3.63, 3.8) is 0 Å². The van der Waals surface area contributed by atoms with Gasteiger partial charge in [0.25, 0.3) is 5.56 Å². The zero-order valence-corrected chi connectivity index (χ0v) is 17.7. The van der Waals surface area contributed by atoms with Gasteiger partial charge in [-0.25, -0.2) is 4.98 Å². The van der Waals surface area contributed by atoms with E-state index in [-0.39, 0.29) is 29.3 Å². The van der Waals surface area contributed by atoms with Crippen molar-refractivity contribution in [2.24, 2.45) is 11.7 Å². The topological polar surface area (TPSA) is 112 Å². The molecule has 0 saturated carbocycles. The average Bonchev–Trinajstić information content (AvgIpc) is 3.29. The Hall–Kier alpha value is -2.52. The fraction of sp³-hybridized carbons (Fsp3) is 0.524. The third-order valence-corrected chi connectivity index (χ3v) is 6.75. The Bertz CT molecular complexity index is 950. The van der Waals surface area contributed by atoms with Crippen molar-refractivity contribution < 1.29 is 9.59 Å². The van der Waals surface area contributed by atoms with E-state index in [9.17, 15) is 14.4 Å². The summed E-state index contributed by atoms with van der Waals surface area (Å²) >= 11 is 1.56. The van der Waals surface area contributed by atoms with Gasteiger partial charge in [0, 0.05) is 29.5 Å². The van der Waals surface area contributed by atoms with E-state index in [1.807, 2.05) is 21.7 Å². The normalized spacial score (nSPS) is 20.9. The van der Waals surface area contributed by atoms with Crippen LogP contribution in [-0.4, -0.2) is 57.8 Å². The van der Waals surface area contributed by atoms with Gasteiger partial charge in [-0.05, 0) is 56.6 Å². The van der Waals surface area contributed by atoms with Gasteiger partial charge in [-0.15, -0.1) is 0 Å². The fourth-order valence-electron chi connectivity index (χ4n) is 4.36. The number of rotatable bonds is 5. The van der Waals surface area contributed by atoms with E-state index >= 15 is 0 Å². The van der Waals surface area contributed by atoms with Crippen molar-refractivity contribution >= 4 is 23.2 Å². The van der Waals surface area contributed by atoms with Gasteiger partial charge in [0.1, 0.15) is 5.82 Å². The lowest BCUT2D eigenvalue weighted by Crippen LogP contribution is -2.47. The van der Waals surface area contributed by atoms with E-state index < -0.39 is 0 Å². The molecular weight excluding hydrogens is 402 g/mol. The molecule has 0 aliphatic carbocycles. The van der Waals surface area contributed by atoms with Crippen molar-refractivity contribution in [3.8, 4) is 11.3 Å². The Morgan fingerprint density at radius 2 is 2.00 bits per heavy atom. The van der Waals surface area contributed by atoms with E-state index in [0.29, 0.717) is 50.5 Å². The lowest BCUT2D eigenvalue weighted by Gasteiger charge is -2.37. The number of H-pyrrole nitrogens is 1. The minimum Gasteiger partial charge on any atom is -0.369 e. The van der Waals surface area contributed by atoms with Gasteiger partial charge in [-0.3, -0.25) is 19.3 Å². The first-order valence-corrected chi connectivity index (χ1v) is 11.4. The number of carbonyl (C=O) groups is 2. The second-order valence-electron chi connectivity index (χ2n) is 8.08. The highest BCUT2D eigenvalue weighted by Gasteiger charge is 2.32. The second kappa shape index (κ2) is 9.09. The highest BCUT2D eigenvalue weighted by molar-refractivity contribution is 7.08. The molecule has 2 aromatic heterocycles. The first kappa shape index (κ1) is 20.7. The number of carbonyl (C=O) groups excluding carboxylic acids is 2. The molecule has 160 valence electrons. The third kappa shape index (κ3) is 4.62. The molecule has 4 rings (SSSR count). The third-order valence-electron chi connectivity index (χ3n) is 6.06. The number of aromatic nitrogens is 2. The molecule has 2 aliphatic rings. The minimum absolute atomic E-state index is 0.0424. The lowest BCUT2D eigenvalue weighted by atomic mass is 9.96. The van der Waals surface area contributed by atoms with Crippen LogP contribution in [0.1, 0.15) is 44.0 Å². The molecule has 9 heteroatoms. The van der Waals surface area contributed by atoms with E-state index in [0.717, 1.165) is 24.8 Å². The number of thiophene rings is 1. The molecule has 2 amide bonds.